The van der Waals surface area contributed by atoms with Crippen LogP contribution >= 0.6 is 27.7 Å². The molecule has 0 atom stereocenters. The fraction of sp³-hybridized carbons (Fsp3) is 0.111. The Morgan fingerprint density at radius 1 is 1.38 bits per heavy atom. The van der Waals surface area contributed by atoms with Gasteiger partial charge in [-0.2, -0.15) is 0 Å². The summed E-state index contributed by atoms with van der Waals surface area (Å²) < 4.78 is 0.964. The van der Waals surface area contributed by atoms with Gasteiger partial charge in [0.2, 0.25) is 0 Å². The molecular formula is C9H7BrN2S. The van der Waals surface area contributed by atoms with Crippen LogP contribution in [0.15, 0.2) is 33.9 Å². The first-order valence-electron chi connectivity index (χ1n) is 3.75. The third-order valence-electron chi connectivity index (χ3n) is 1.73. The van der Waals surface area contributed by atoms with Crippen molar-refractivity contribution in [1.82, 2.24) is 9.97 Å². The molecule has 0 aliphatic rings. The largest absolute Gasteiger partial charge is 0.254 e. The molecule has 66 valence electrons. The highest BCUT2D eigenvalue weighted by Gasteiger charge is 2.01. The molecule has 0 radical (unpaired) electrons. The first-order valence-corrected chi connectivity index (χ1v) is 5.77. The molecule has 0 aliphatic heterocycles. The summed E-state index contributed by atoms with van der Waals surface area (Å²) in [5, 5.41) is 0. The van der Waals surface area contributed by atoms with Crippen LogP contribution < -0.4 is 0 Å². The second kappa shape index (κ2) is 3.64. The first kappa shape index (κ1) is 8.97. The van der Waals surface area contributed by atoms with E-state index < -0.39 is 0 Å². The Hall–Kier alpha value is -0.610. The second-order valence-corrected chi connectivity index (χ2v) is 4.30. The zero-order chi connectivity index (χ0) is 9.26. The Labute approximate surface area is 88.9 Å². The quantitative estimate of drug-likeness (QED) is 0.732. The van der Waals surface area contributed by atoms with E-state index in [4.69, 9.17) is 0 Å². The number of halogens is 1. The van der Waals surface area contributed by atoms with Gasteiger partial charge in [-0.05, 0) is 34.3 Å². The molecule has 0 aromatic carbocycles. The Bertz CT molecular complexity index is 445. The molecule has 0 aliphatic carbocycles. The lowest BCUT2D eigenvalue weighted by Gasteiger charge is -2.01. The fourth-order valence-electron chi connectivity index (χ4n) is 1.15. The topological polar surface area (TPSA) is 25.8 Å². The minimum absolute atomic E-state index is 0.932. The van der Waals surface area contributed by atoms with E-state index >= 15 is 0 Å². The van der Waals surface area contributed by atoms with Crippen molar-refractivity contribution in [3.8, 4) is 0 Å². The van der Waals surface area contributed by atoms with E-state index in [9.17, 15) is 0 Å². The van der Waals surface area contributed by atoms with E-state index in [1.54, 1.807) is 18.0 Å². The summed E-state index contributed by atoms with van der Waals surface area (Å²) in [6.45, 7) is 0. The summed E-state index contributed by atoms with van der Waals surface area (Å²) in [6, 6.07) is 3.95. The molecule has 0 saturated heterocycles. The Morgan fingerprint density at radius 2 is 2.23 bits per heavy atom. The molecule has 0 unspecified atom stereocenters. The predicted octanol–water partition coefficient (Wildman–Crippen LogP) is 3.11. The number of hydrogen-bond donors (Lipinski definition) is 0. The maximum atomic E-state index is 4.32. The number of aromatic nitrogens is 2. The van der Waals surface area contributed by atoms with Crippen molar-refractivity contribution < 1.29 is 0 Å². The highest BCUT2D eigenvalue weighted by molar-refractivity contribution is 9.10. The van der Waals surface area contributed by atoms with Crippen molar-refractivity contribution in [3.63, 3.8) is 0 Å². The minimum Gasteiger partial charge on any atom is -0.254 e. The number of hydrogen-bond acceptors (Lipinski definition) is 3. The minimum atomic E-state index is 0.932. The van der Waals surface area contributed by atoms with Gasteiger partial charge >= 0.3 is 0 Å². The van der Waals surface area contributed by atoms with Crippen molar-refractivity contribution in [2.45, 2.75) is 4.90 Å². The van der Waals surface area contributed by atoms with E-state index in [2.05, 4.69) is 25.9 Å². The summed E-state index contributed by atoms with van der Waals surface area (Å²) in [5.41, 5.74) is 1.90. The average Bonchev–Trinajstić information content (AvgIpc) is 2.16. The molecule has 2 aromatic heterocycles. The second-order valence-electron chi connectivity index (χ2n) is 2.53. The fourth-order valence-corrected chi connectivity index (χ4v) is 2.01. The normalized spacial score (nSPS) is 10.6. The zero-order valence-corrected chi connectivity index (χ0v) is 9.39. The standard InChI is InChI=1S/C9H7BrN2S/c1-13-8-2-3-11-7-4-6(10)5-12-9(7)8/h2-5H,1H3. The molecule has 0 bridgehead atoms. The van der Waals surface area contributed by atoms with Crippen molar-refractivity contribution in [2.24, 2.45) is 0 Å². The lowest BCUT2D eigenvalue weighted by atomic mass is 10.3. The third-order valence-corrected chi connectivity index (χ3v) is 2.93. The maximum Gasteiger partial charge on any atom is 0.102 e. The molecule has 13 heavy (non-hydrogen) atoms. The van der Waals surface area contributed by atoms with Gasteiger partial charge in [0.05, 0.1) is 5.52 Å². The Morgan fingerprint density at radius 3 is 3.00 bits per heavy atom. The first-order chi connectivity index (χ1) is 6.31. The van der Waals surface area contributed by atoms with Crippen LogP contribution in [0.25, 0.3) is 11.0 Å². The molecule has 2 nitrogen and oxygen atoms in total. The molecule has 4 heteroatoms. The van der Waals surface area contributed by atoms with Crippen LogP contribution in [0.3, 0.4) is 0 Å². The van der Waals surface area contributed by atoms with Crippen LogP contribution in [-0.4, -0.2) is 16.2 Å². The zero-order valence-electron chi connectivity index (χ0n) is 6.99. The average molecular weight is 255 g/mol. The molecule has 2 aromatic rings. The van der Waals surface area contributed by atoms with Crippen molar-refractivity contribution >= 4 is 38.7 Å². The maximum absolute atomic E-state index is 4.32. The molecule has 0 N–H and O–H groups in total. The molecule has 0 amide bonds. The Balaban J connectivity index is 2.77. The number of thioether (sulfide) groups is 1. The van der Waals surface area contributed by atoms with Gasteiger partial charge in [-0.1, -0.05) is 0 Å². The van der Waals surface area contributed by atoms with Crippen molar-refractivity contribution in [2.75, 3.05) is 6.26 Å². The van der Waals surface area contributed by atoms with E-state index in [0.717, 1.165) is 20.4 Å². The summed E-state index contributed by atoms with van der Waals surface area (Å²) in [7, 11) is 0. The number of fused-ring (bicyclic) bond motifs is 1. The lowest BCUT2D eigenvalue weighted by Crippen LogP contribution is -1.84. The molecule has 0 fully saturated rings. The van der Waals surface area contributed by atoms with Crippen LogP contribution in [0.4, 0.5) is 0 Å². The van der Waals surface area contributed by atoms with Crippen LogP contribution in [0.1, 0.15) is 0 Å². The van der Waals surface area contributed by atoms with Gasteiger partial charge in [-0.15, -0.1) is 11.8 Å². The van der Waals surface area contributed by atoms with Gasteiger partial charge < -0.3 is 0 Å². The molecule has 0 saturated carbocycles. The van der Waals surface area contributed by atoms with Crippen molar-refractivity contribution in [3.05, 3.63) is 29.0 Å². The van der Waals surface area contributed by atoms with Crippen molar-refractivity contribution in [1.29, 1.82) is 0 Å². The van der Waals surface area contributed by atoms with Gasteiger partial charge in [0.25, 0.3) is 0 Å². The smallest absolute Gasteiger partial charge is 0.102 e. The van der Waals surface area contributed by atoms with E-state index in [-0.39, 0.29) is 0 Å². The van der Waals surface area contributed by atoms with Gasteiger partial charge in [0, 0.05) is 21.8 Å². The summed E-state index contributed by atoms with van der Waals surface area (Å²) >= 11 is 5.06. The summed E-state index contributed by atoms with van der Waals surface area (Å²) in [5.74, 6) is 0. The van der Waals surface area contributed by atoms with Crippen LogP contribution in [0.2, 0.25) is 0 Å². The van der Waals surface area contributed by atoms with Gasteiger partial charge in [-0.3, -0.25) is 9.97 Å². The van der Waals surface area contributed by atoms with Crippen LogP contribution in [0.5, 0.6) is 0 Å². The Kier molecular flexibility index (Phi) is 2.51. The number of pyridine rings is 2. The predicted molar refractivity (Wildman–Crippen MR) is 59.0 cm³/mol. The molecule has 2 heterocycles. The molecular weight excluding hydrogens is 248 g/mol. The van der Waals surface area contributed by atoms with Gasteiger partial charge in [-0.25, -0.2) is 0 Å². The lowest BCUT2D eigenvalue weighted by molar-refractivity contribution is 1.27. The van der Waals surface area contributed by atoms with Crippen LogP contribution in [-0.2, 0) is 0 Å². The highest BCUT2D eigenvalue weighted by atomic mass is 79.9. The number of rotatable bonds is 1. The molecule has 2 rings (SSSR count). The van der Waals surface area contributed by atoms with E-state index in [1.165, 1.54) is 0 Å². The summed E-state index contributed by atoms with van der Waals surface area (Å²) in [6.07, 6.45) is 5.64. The van der Waals surface area contributed by atoms with Crippen LogP contribution in [0, 0.1) is 0 Å². The number of nitrogens with zero attached hydrogens (tertiary/aromatic N) is 2. The molecule has 0 spiro atoms. The van der Waals surface area contributed by atoms with E-state index in [1.807, 2.05) is 24.6 Å². The SMILES string of the molecule is CSc1ccnc2cc(Br)cnc12. The van der Waals surface area contributed by atoms with E-state index in [0.29, 0.717) is 0 Å². The highest BCUT2D eigenvalue weighted by Crippen LogP contribution is 2.24. The summed E-state index contributed by atoms with van der Waals surface area (Å²) in [4.78, 5) is 9.73. The van der Waals surface area contributed by atoms with Gasteiger partial charge in [0.1, 0.15) is 5.52 Å². The van der Waals surface area contributed by atoms with Gasteiger partial charge in [0.15, 0.2) is 0 Å². The third kappa shape index (κ3) is 1.69. The monoisotopic (exact) mass is 254 g/mol.